The molecule has 3 N–H and O–H groups in total. The molecule has 1 amide bonds. The maximum Gasteiger partial charge on any atom is 0.229 e. The van der Waals surface area contributed by atoms with Gasteiger partial charge in [-0.3, -0.25) is 4.79 Å². The fourth-order valence-corrected chi connectivity index (χ4v) is 3.39. The number of rotatable bonds is 3. The number of carbonyl (C=O) groups is 1. The number of hydrogen-bond acceptors (Lipinski definition) is 4. The molecule has 5 nitrogen and oxygen atoms in total. The molecule has 1 aromatic carbocycles. The van der Waals surface area contributed by atoms with Crippen LogP contribution in [0.1, 0.15) is 38.4 Å². The molecule has 2 unspecified atom stereocenters. The third kappa shape index (κ3) is 4.55. The van der Waals surface area contributed by atoms with E-state index in [0.717, 1.165) is 48.5 Å². The molecule has 3 rings (SSSR count). The molecule has 0 bridgehead atoms. The van der Waals surface area contributed by atoms with Gasteiger partial charge in [-0.15, -0.1) is 12.4 Å². The Kier molecular flexibility index (Phi) is 6.14. The van der Waals surface area contributed by atoms with Gasteiger partial charge in [-0.1, -0.05) is 25.0 Å². The van der Waals surface area contributed by atoms with Crippen LogP contribution in [0.3, 0.4) is 0 Å². The van der Waals surface area contributed by atoms with Gasteiger partial charge in [0, 0.05) is 23.0 Å². The third-order valence-corrected chi connectivity index (χ3v) is 4.77. The first-order valence-corrected chi connectivity index (χ1v) is 8.45. The van der Waals surface area contributed by atoms with E-state index in [9.17, 15) is 4.79 Å². The standard InChI is InChI=1S/C19H24N4O.ClH/c1-13-21-11-9-17(22-13)14-6-5-7-15(12-14)23-18(24)16-8-3-4-10-19(16,2)20;/h5-7,9,11-12,16H,3-4,8,10,20H2,1-2H3,(H,23,24);1H. The van der Waals surface area contributed by atoms with E-state index in [0.29, 0.717) is 0 Å². The van der Waals surface area contributed by atoms with Crippen LogP contribution < -0.4 is 11.1 Å². The van der Waals surface area contributed by atoms with Crippen LogP contribution in [0.2, 0.25) is 0 Å². The van der Waals surface area contributed by atoms with Crippen molar-refractivity contribution >= 4 is 24.0 Å². The average Bonchev–Trinajstić information content (AvgIpc) is 2.54. The number of amides is 1. The van der Waals surface area contributed by atoms with Crippen molar-refractivity contribution < 1.29 is 4.79 Å². The van der Waals surface area contributed by atoms with E-state index in [-0.39, 0.29) is 24.2 Å². The Bertz CT molecular complexity index is 748. The molecular weight excluding hydrogens is 336 g/mol. The Labute approximate surface area is 154 Å². The smallest absolute Gasteiger partial charge is 0.229 e. The Balaban J connectivity index is 0.00000225. The van der Waals surface area contributed by atoms with Gasteiger partial charge in [-0.25, -0.2) is 9.97 Å². The van der Waals surface area contributed by atoms with Crippen LogP contribution in [-0.2, 0) is 4.79 Å². The second kappa shape index (κ2) is 7.93. The maximum atomic E-state index is 12.7. The molecule has 0 radical (unpaired) electrons. The number of hydrogen-bond donors (Lipinski definition) is 2. The summed E-state index contributed by atoms with van der Waals surface area (Å²) in [7, 11) is 0. The number of anilines is 1. The molecule has 2 atom stereocenters. The summed E-state index contributed by atoms with van der Waals surface area (Å²) >= 11 is 0. The highest BCUT2D eigenvalue weighted by Gasteiger charge is 2.37. The van der Waals surface area contributed by atoms with E-state index in [4.69, 9.17) is 5.73 Å². The largest absolute Gasteiger partial charge is 0.326 e. The number of nitrogens with two attached hydrogens (primary N) is 1. The van der Waals surface area contributed by atoms with Crippen LogP contribution in [0, 0.1) is 12.8 Å². The molecule has 134 valence electrons. The van der Waals surface area contributed by atoms with Crippen molar-refractivity contribution in [2.75, 3.05) is 5.32 Å². The van der Waals surface area contributed by atoms with Crippen LogP contribution in [0.5, 0.6) is 0 Å². The van der Waals surface area contributed by atoms with Crippen molar-refractivity contribution in [2.45, 2.75) is 45.1 Å². The second-order valence-corrected chi connectivity index (χ2v) is 6.86. The van der Waals surface area contributed by atoms with Crippen molar-refractivity contribution in [3.8, 4) is 11.3 Å². The van der Waals surface area contributed by atoms with E-state index >= 15 is 0 Å². The van der Waals surface area contributed by atoms with E-state index in [1.54, 1.807) is 6.20 Å². The number of benzene rings is 1. The molecule has 6 heteroatoms. The van der Waals surface area contributed by atoms with Gasteiger partial charge >= 0.3 is 0 Å². The first-order valence-electron chi connectivity index (χ1n) is 8.45. The molecule has 1 saturated carbocycles. The molecular formula is C19H25ClN4O. The predicted molar refractivity (Wildman–Crippen MR) is 103 cm³/mol. The van der Waals surface area contributed by atoms with Crippen LogP contribution in [0.25, 0.3) is 11.3 Å². The summed E-state index contributed by atoms with van der Waals surface area (Å²) in [5.41, 5.74) is 8.49. The number of nitrogens with zero attached hydrogens (tertiary/aromatic N) is 2. The lowest BCUT2D eigenvalue weighted by molar-refractivity contribution is -0.122. The van der Waals surface area contributed by atoms with Crippen LogP contribution in [0.15, 0.2) is 36.5 Å². The normalized spacial score (nSPS) is 22.8. The minimum Gasteiger partial charge on any atom is -0.326 e. The van der Waals surface area contributed by atoms with Gasteiger partial charge in [0.05, 0.1) is 11.6 Å². The van der Waals surface area contributed by atoms with Crippen LogP contribution in [-0.4, -0.2) is 21.4 Å². The van der Waals surface area contributed by atoms with Gasteiger partial charge in [0.2, 0.25) is 5.91 Å². The summed E-state index contributed by atoms with van der Waals surface area (Å²) in [5.74, 6) is 0.593. The van der Waals surface area contributed by atoms with E-state index < -0.39 is 5.54 Å². The molecule has 0 saturated heterocycles. The zero-order valence-electron chi connectivity index (χ0n) is 14.7. The van der Waals surface area contributed by atoms with Crippen molar-refractivity contribution in [2.24, 2.45) is 11.7 Å². The number of halogens is 1. The maximum absolute atomic E-state index is 12.7. The number of aryl methyl sites for hydroxylation is 1. The minimum absolute atomic E-state index is 0. The Morgan fingerprint density at radius 1 is 1.32 bits per heavy atom. The first-order chi connectivity index (χ1) is 11.5. The first kappa shape index (κ1) is 19.3. The van der Waals surface area contributed by atoms with Gasteiger partial charge in [0.1, 0.15) is 5.82 Å². The topological polar surface area (TPSA) is 80.9 Å². The Hall–Kier alpha value is -1.98. The summed E-state index contributed by atoms with van der Waals surface area (Å²) in [5, 5.41) is 3.03. The summed E-state index contributed by atoms with van der Waals surface area (Å²) in [4.78, 5) is 21.2. The minimum atomic E-state index is -0.427. The summed E-state index contributed by atoms with van der Waals surface area (Å²) < 4.78 is 0. The van der Waals surface area contributed by atoms with Crippen molar-refractivity contribution in [1.82, 2.24) is 9.97 Å². The highest BCUT2D eigenvalue weighted by atomic mass is 35.5. The Morgan fingerprint density at radius 3 is 2.84 bits per heavy atom. The van der Waals surface area contributed by atoms with Crippen LogP contribution in [0.4, 0.5) is 5.69 Å². The molecule has 1 aromatic heterocycles. The number of nitrogens with one attached hydrogen (secondary N) is 1. The predicted octanol–water partition coefficient (Wildman–Crippen LogP) is 3.72. The Morgan fingerprint density at radius 2 is 2.12 bits per heavy atom. The summed E-state index contributed by atoms with van der Waals surface area (Å²) in [6.45, 7) is 3.84. The van der Waals surface area contributed by atoms with Crippen LogP contribution >= 0.6 is 12.4 Å². The summed E-state index contributed by atoms with van der Waals surface area (Å²) in [6.07, 6.45) is 5.64. The molecule has 0 aliphatic heterocycles. The number of carbonyl (C=O) groups excluding carboxylic acids is 1. The molecule has 25 heavy (non-hydrogen) atoms. The molecule has 1 fully saturated rings. The summed E-state index contributed by atoms with van der Waals surface area (Å²) in [6, 6.07) is 9.60. The second-order valence-electron chi connectivity index (χ2n) is 6.86. The zero-order valence-corrected chi connectivity index (χ0v) is 15.5. The van der Waals surface area contributed by atoms with Gasteiger partial charge in [-0.2, -0.15) is 0 Å². The fraction of sp³-hybridized carbons (Fsp3) is 0.421. The van der Waals surface area contributed by atoms with E-state index in [2.05, 4.69) is 15.3 Å². The highest BCUT2D eigenvalue weighted by Crippen LogP contribution is 2.32. The zero-order chi connectivity index (χ0) is 17.2. The fourth-order valence-electron chi connectivity index (χ4n) is 3.39. The lowest BCUT2D eigenvalue weighted by Gasteiger charge is -2.37. The number of aromatic nitrogens is 2. The molecule has 0 spiro atoms. The van der Waals surface area contributed by atoms with Gasteiger partial charge in [0.25, 0.3) is 0 Å². The van der Waals surface area contributed by atoms with Gasteiger partial charge in [0.15, 0.2) is 0 Å². The highest BCUT2D eigenvalue weighted by molar-refractivity contribution is 5.94. The SMILES string of the molecule is Cc1nccc(-c2cccc(NC(=O)C3CCCCC3(C)N)c2)n1.Cl. The lowest BCUT2D eigenvalue weighted by atomic mass is 9.74. The van der Waals surface area contributed by atoms with Gasteiger partial charge in [-0.05, 0) is 44.9 Å². The van der Waals surface area contributed by atoms with Crippen molar-refractivity contribution in [3.63, 3.8) is 0 Å². The molecule has 1 heterocycles. The lowest BCUT2D eigenvalue weighted by Crippen LogP contribution is -2.51. The molecule has 2 aromatic rings. The van der Waals surface area contributed by atoms with Gasteiger partial charge < -0.3 is 11.1 Å². The monoisotopic (exact) mass is 360 g/mol. The quantitative estimate of drug-likeness (QED) is 0.874. The van der Waals surface area contributed by atoms with Crippen molar-refractivity contribution in [3.05, 3.63) is 42.4 Å². The third-order valence-electron chi connectivity index (χ3n) is 4.77. The van der Waals surface area contributed by atoms with E-state index in [1.165, 1.54) is 0 Å². The van der Waals surface area contributed by atoms with E-state index in [1.807, 2.05) is 44.2 Å². The molecule has 1 aliphatic carbocycles. The average molecular weight is 361 g/mol. The molecule has 1 aliphatic rings. The van der Waals surface area contributed by atoms with Crippen molar-refractivity contribution in [1.29, 1.82) is 0 Å².